The number of ether oxygens (including phenoxy) is 2. The normalized spacial score (nSPS) is 18.9. The van der Waals surface area contributed by atoms with Crippen LogP contribution in [0.3, 0.4) is 0 Å². The van der Waals surface area contributed by atoms with Crippen molar-refractivity contribution in [2.24, 2.45) is 0 Å². The fraction of sp³-hybridized carbons (Fsp3) is 0.556. The lowest BCUT2D eigenvalue weighted by atomic mass is 10.0. The molecular weight excluding hydrogens is 308 g/mol. The van der Waals surface area contributed by atoms with E-state index in [2.05, 4.69) is 10.2 Å². The average Bonchev–Trinajstić information content (AvgIpc) is 3.45. The van der Waals surface area contributed by atoms with Crippen LogP contribution in [-0.2, 0) is 4.79 Å². The van der Waals surface area contributed by atoms with Crippen molar-refractivity contribution in [2.75, 3.05) is 26.8 Å². The van der Waals surface area contributed by atoms with Gasteiger partial charge in [-0.1, -0.05) is 0 Å². The Kier molecular flexibility index (Phi) is 5.35. The zero-order valence-corrected chi connectivity index (χ0v) is 14.0. The van der Waals surface area contributed by atoms with Gasteiger partial charge >= 0.3 is 0 Å². The maximum Gasteiger partial charge on any atom is 0.258 e. The number of rotatable bonds is 7. The Morgan fingerprint density at radius 1 is 1.25 bits per heavy atom. The second-order valence-electron chi connectivity index (χ2n) is 6.43. The summed E-state index contributed by atoms with van der Waals surface area (Å²) in [5.41, 5.74) is 0.506. The van der Waals surface area contributed by atoms with Crippen LogP contribution < -0.4 is 14.8 Å². The number of hydrogen-bond donors (Lipinski definition) is 1. The zero-order valence-electron chi connectivity index (χ0n) is 14.0. The Morgan fingerprint density at radius 3 is 2.62 bits per heavy atom. The zero-order chi connectivity index (χ0) is 16.9. The Bertz CT molecular complexity index is 593. The number of likely N-dealkylation sites (tertiary alicyclic amines) is 1. The molecule has 0 bridgehead atoms. The molecule has 0 spiro atoms. The highest BCUT2D eigenvalue weighted by Crippen LogP contribution is 2.29. The van der Waals surface area contributed by atoms with E-state index in [0.717, 1.165) is 38.3 Å². The molecule has 1 aromatic carbocycles. The molecule has 3 rings (SSSR count). The van der Waals surface area contributed by atoms with Crippen molar-refractivity contribution in [2.45, 2.75) is 37.8 Å². The minimum Gasteiger partial charge on any atom is -0.493 e. The lowest BCUT2D eigenvalue weighted by molar-refractivity contribution is -0.124. The Balaban J connectivity index is 1.44. The largest absolute Gasteiger partial charge is 0.493 e. The van der Waals surface area contributed by atoms with Gasteiger partial charge in [-0.3, -0.25) is 9.59 Å². The molecule has 6 heteroatoms. The third kappa shape index (κ3) is 4.26. The SMILES string of the molecule is COc1cc(C=O)ccc1OCC(=O)NC1CCN(C2CC2)CC1. The fourth-order valence-corrected chi connectivity index (χ4v) is 3.14. The van der Waals surface area contributed by atoms with Gasteiger partial charge < -0.3 is 19.7 Å². The summed E-state index contributed by atoms with van der Waals surface area (Å²) in [5, 5.41) is 3.04. The molecule has 24 heavy (non-hydrogen) atoms. The van der Waals surface area contributed by atoms with Crippen molar-refractivity contribution in [3.63, 3.8) is 0 Å². The standard InChI is InChI=1S/C18H24N2O4/c1-23-17-10-13(11-21)2-5-16(17)24-12-18(22)19-14-6-8-20(9-7-14)15-3-4-15/h2,5,10-11,14-15H,3-4,6-9,12H2,1H3,(H,19,22). The third-order valence-electron chi connectivity index (χ3n) is 4.64. The molecular formula is C18H24N2O4. The maximum atomic E-state index is 12.1. The first-order chi connectivity index (χ1) is 11.7. The van der Waals surface area contributed by atoms with Crippen LogP contribution in [0, 0.1) is 0 Å². The first-order valence-corrected chi connectivity index (χ1v) is 8.49. The lowest BCUT2D eigenvalue weighted by Crippen LogP contribution is -2.46. The number of amides is 1. The van der Waals surface area contributed by atoms with E-state index < -0.39 is 0 Å². The smallest absolute Gasteiger partial charge is 0.258 e. The van der Waals surface area contributed by atoms with Crippen LogP contribution in [0.25, 0.3) is 0 Å². The number of nitrogens with one attached hydrogen (secondary N) is 1. The molecule has 130 valence electrons. The quantitative estimate of drug-likeness (QED) is 0.769. The molecule has 0 radical (unpaired) electrons. The van der Waals surface area contributed by atoms with Gasteiger partial charge in [0, 0.05) is 30.7 Å². The topological polar surface area (TPSA) is 67.9 Å². The minimum absolute atomic E-state index is 0.0559. The van der Waals surface area contributed by atoms with Gasteiger partial charge in [-0.05, 0) is 43.9 Å². The van der Waals surface area contributed by atoms with E-state index in [0.29, 0.717) is 17.1 Å². The fourth-order valence-electron chi connectivity index (χ4n) is 3.14. The number of piperidine rings is 1. The number of nitrogens with zero attached hydrogens (tertiary/aromatic N) is 1. The first-order valence-electron chi connectivity index (χ1n) is 8.49. The summed E-state index contributed by atoms with van der Waals surface area (Å²) >= 11 is 0. The van der Waals surface area contributed by atoms with Crippen molar-refractivity contribution in [1.29, 1.82) is 0 Å². The predicted octanol–water partition coefficient (Wildman–Crippen LogP) is 1.63. The molecule has 1 saturated heterocycles. The van der Waals surface area contributed by atoms with Crippen molar-refractivity contribution in [1.82, 2.24) is 10.2 Å². The minimum atomic E-state index is -0.124. The summed E-state index contributed by atoms with van der Waals surface area (Å²) in [6.45, 7) is 2.08. The van der Waals surface area contributed by atoms with E-state index >= 15 is 0 Å². The highest BCUT2D eigenvalue weighted by molar-refractivity contribution is 5.78. The van der Waals surface area contributed by atoms with Crippen LogP contribution in [0.5, 0.6) is 11.5 Å². The molecule has 1 amide bonds. The van der Waals surface area contributed by atoms with Gasteiger partial charge in [-0.2, -0.15) is 0 Å². The molecule has 0 aromatic heterocycles. The first kappa shape index (κ1) is 16.8. The number of methoxy groups -OCH3 is 1. The van der Waals surface area contributed by atoms with Crippen molar-refractivity contribution < 1.29 is 19.1 Å². The summed E-state index contributed by atoms with van der Waals surface area (Å²) in [5.74, 6) is 0.785. The molecule has 2 aliphatic rings. The van der Waals surface area contributed by atoms with Gasteiger partial charge in [0.25, 0.3) is 5.91 Å². The number of aldehydes is 1. The molecule has 1 aliphatic heterocycles. The summed E-state index contributed by atoms with van der Waals surface area (Å²) in [6.07, 6.45) is 5.40. The van der Waals surface area contributed by atoms with E-state index in [1.165, 1.54) is 20.0 Å². The number of carbonyl (C=O) groups excluding carboxylic acids is 2. The van der Waals surface area contributed by atoms with E-state index in [4.69, 9.17) is 9.47 Å². The Hall–Kier alpha value is -2.08. The van der Waals surface area contributed by atoms with Crippen LogP contribution >= 0.6 is 0 Å². The van der Waals surface area contributed by atoms with Crippen LogP contribution in [0.4, 0.5) is 0 Å². The van der Waals surface area contributed by atoms with Crippen LogP contribution in [0.15, 0.2) is 18.2 Å². The molecule has 1 heterocycles. The van der Waals surface area contributed by atoms with Gasteiger partial charge in [0.15, 0.2) is 18.1 Å². The van der Waals surface area contributed by atoms with Gasteiger partial charge in [0.2, 0.25) is 0 Å². The highest BCUT2D eigenvalue weighted by Gasteiger charge is 2.32. The molecule has 1 aliphatic carbocycles. The molecule has 1 aromatic rings. The summed E-state index contributed by atoms with van der Waals surface area (Å²) in [6, 6.07) is 5.90. The number of carbonyl (C=O) groups is 2. The molecule has 0 atom stereocenters. The van der Waals surface area contributed by atoms with Gasteiger partial charge in [-0.15, -0.1) is 0 Å². The van der Waals surface area contributed by atoms with E-state index in [1.54, 1.807) is 18.2 Å². The summed E-state index contributed by atoms with van der Waals surface area (Å²) in [4.78, 5) is 25.4. The van der Waals surface area contributed by atoms with E-state index in [-0.39, 0.29) is 18.6 Å². The molecule has 2 fully saturated rings. The van der Waals surface area contributed by atoms with Crippen molar-refractivity contribution in [3.8, 4) is 11.5 Å². The maximum absolute atomic E-state index is 12.1. The molecule has 1 saturated carbocycles. The monoisotopic (exact) mass is 332 g/mol. The van der Waals surface area contributed by atoms with Gasteiger partial charge in [0.05, 0.1) is 7.11 Å². The van der Waals surface area contributed by atoms with E-state index in [1.807, 2.05) is 0 Å². The number of benzene rings is 1. The Labute approximate surface area is 142 Å². The molecule has 6 nitrogen and oxygen atoms in total. The van der Waals surface area contributed by atoms with Crippen LogP contribution in [0.1, 0.15) is 36.0 Å². The molecule has 0 unspecified atom stereocenters. The average molecular weight is 332 g/mol. The van der Waals surface area contributed by atoms with Crippen LogP contribution in [-0.4, -0.2) is 56.0 Å². The number of hydrogen-bond acceptors (Lipinski definition) is 5. The molecule has 1 N–H and O–H groups in total. The predicted molar refractivity (Wildman–Crippen MR) is 89.6 cm³/mol. The van der Waals surface area contributed by atoms with Crippen molar-refractivity contribution in [3.05, 3.63) is 23.8 Å². The van der Waals surface area contributed by atoms with Crippen LogP contribution in [0.2, 0.25) is 0 Å². The lowest BCUT2D eigenvalue weighted by Gasteiger charge is -2.32. The summed E-state index contributed by atoms with van der Waals surface area (Å²) in [7, 11) is 1.50. The van der Waals surface area contributed by atoms with Crippen molar-refractivity contribution >= 4 is 12.2 Å². The highest BCUT2D eigenvalue weighted by atomic mass is 16.5. The Morgan fingerprint density at radius 2 is 2.00 bits per heavy atom. The second-order valence-corrected chi connectivity index (χ2v) is 6.43. The van der Waals surface area contributed by atoms with E-state index in [9.17, 15) is 9.59 Å². The van der Waals surface area contributed by atoms with Gasteiger partial charge in [-0.25, -0.2) is 0 Å². The second kappa shape index (κ2) is 7.66. The van der Waals surface area contributed by atoms with Gasteiger partial charge in [0.1, 0.15) is 6.29 Å². The third-order valence-corrected chi connectivity index (χ3v) is 4.64. The summed E-state index contributed by atoms with van der Waals surface area (Å²) < 4.78 is 10.7.